The van der Waals surface area contributed by atoms with Crippen molar-refractivity contribution in [3.8, 4) is 11.9 Å². The summed E-state index contributed by atoms with van der Waals surface area (Å²) in [7, 11) is 0. The van der Waals surface area contributed by atoms with Crippen molar-refractivity contribution in [2.75, 3.05) is 5.32 Å². The zero-order valence-corrected chi connectivity index (χ0v) is 17.2. The van der Waals surface area contributed by atoms with Crippen molar-refractivity contribution in [3.63, 3.8) is 0 Å². The summed E-state index contributed by atoms with van der Waals surface area (Å²) in [4.78, 5) is 21.2. The first-order valence-electron chi connectivity index (χ1n) is 10.9. The van der Waals surface area contributed by atoms with Gasteiger partial charge in [-0.25, -0.2) is 19.3 Å². The number of hydrogen-bond donors (Lipinski definition) is 1. The highest BCUT2D eigenvalue weighted by atomic mass is 16.1. The van der Waals surface area contributed by atoms with Crippen molar-refractivity contribution < 1.29 is 0 Å². The molecule has 0 radical (unpaired) electrons. The molecule has 0 saturated heterocycles. The minimum absolute atomic E-state index is 0.0425. The van der Waals surface area contributed by atoms with E-state index in [0.29, 0.717) is 17.2 Å². The lowest BCUT2D eigenvalue weighted by Gasteiger charge is -2.30. The second-order valence-corrected chi connectivity index (χ2v) is 8.27. The molecule has 0 spiro atoms. The fourth-order valence-electron chi connectivity index (χ4n) is 4.61. The second-order valence-electron chi connectivity index (χ2n) is 8.27. The smallest absolute Gasteiger partial charge is 0.267 e. The minimum atomic E-state index is -0.108. The van der Waals surface area contributed by atoms with Crippen LogP contribution in [0.25, 0.3) is 5.82 Å². The van der Waals surface area contributed by atoms with Crippen LogP contribution in [0.15, 0.2) is 35.6 Å². The highest BCUT2D eigenvalue weighted by Gasteiger charge is 2.25. The van der Waals surface area contributed by atoms with E-state index in [4.69, 9.17) is 4.98 Å². The summed E-state index contributed by atoms with van der Waals surface area (Å²) < 4.78 is 3.12. The molecule has 1 saturated carbocycles. The average molecular weight is 416 g/mol. The first-order chi connectivity index (χ1) is 15.2. The Hall–Kier alpha value is -3.54. The van der Waals surface area contributed by atoms with Crippen LogP contribution in [0.3, 0.4) is 0 Å². The maximum Gasteiger partial charge on any atom is 0.267 e. The van der Waals surface area contributed by atoms with E-state index in [-0.39, 0.29) is 17.6 Å². The van der Waals surface area contributed by atoms with E-state index >= 15 is 0 Å². The van der Waals surface area contributed by atoms with Gasteiger partial charge in [-0.15, -0.1) is 5.10 Å². The van der Waals surface area contributed by atoms with Crippen molar-refractivity contribution in [2.24, 2.45) is 0 Å². The molecular formula is C22H24N8O. The van der Waals surface area contributed by atoms with E-state index in [9.17, 15) is 10.1 Å². The monoisotopic (exact) mass is 416 g/mol. The topological polar surface area (TPSA) is 114 Å². The van der Waals surface area contributed by atoms with Gasteiger partial charge in [-0.3, -0.25) is 4.79 Å². The molecule has 2 aliphatic rings. The first kappa shape index (κ1) is 19.4. The fraction of sp³-hybridized carbons (Fsp3) is 0.455. The Morgan fingerprint density at radius 2 is 1.97 bits per heavy atom. The Labute approximate surface area is 179 Å². The summed E-state index contributed by atoms with van der Waals surface area (Å²) in [6.07, 6.45) is 10.8. The normalized spacial score (nSPS) is 20.6. The number of nitriles is 1. The molecule has 31 heavy (non-hydrogen) atoms. The van der Waals surface area contributed by atoms with Crippen LogP contribution in [-0.2, 0) is 12.8 Å². The van der Waals surface area contributed by atoms with Gasteiger partial charge in [-0.05, 0) is 69.1 Å². The van der Waals surface area contributed by atoms with Gasteiger partial charge in [0.2, 0.25) is 0 Å². The first-order valence-corrected chi connectivity index (χ1v) is 10.9. The van der Waals surface area contributed by atoms with Crippen LogP contribution >= 0.6 is 0 Å². The molecule has 0 aromatic carbocycles. The van der Waals surface area contributed by atoms with Crippen LogP contribution < -0.4 is 10.9 Å². The van der Waals surface area contributed by atoms with Gasteiger partial charge in [0, 0.05) is 17.8 Å². The highest BCUT2D eigenvalue weighted by molar-refractivity contribution is 5.55. The Bertz CT molecular complexity index is 1170. The predicted molar refractivity (Wildman–Crippen MR) is 114 cm³/mol. The minimum Gasteiger partial charge on any atom is -0.366 e. The summed E-state index contributed by atoms with van der Waals surface area (Å²) in [5, 5.41) is 21.7. The van der Waals surface area contributed by atoms with Crippen molar-refractivity contribution in [1.82, 2.24) is 29.5 Å². The average Bonchev–Trinajstić information content (AvgIpc) is 3.34. The maximum absolute atomic E-state index is 12.4. The number of rotatable bonds is 4. The van der Waals surface area contributed by atoms with Gasteiger partial charge in [0.1, 0.15) is 24.5 Å². The van der Waals surface area contributed by atoms with Crippen LogP contribution in [0.4, 0.5) is 5.82 Å². The molecule has 3 aromatic rings. The van der Waals surface area contributed by atoms with E-state index in [1.807, 2.05) is 6.07 Å². The third kappa shape index (κ3) is 3.93. The van der Waals surface area contributed by atoms with E-state index in [0.717, 1.165) is 50.6 Å². The number of pyridine rings is 1. The lowest BCUT2D eigenvalue weighted by molar-refractivity contribution is 0.302. The summed E-state index contributed by atoms with van der Waals surface area (Å²) in [6, 6.07) is 7.77. The largest absolute Gasteiger partial charge is 0.366 e. The van der Waals surface area contributed by atoms with Crippen LogP contribution in [0, 0.1) is 11.3 Å². The molecule has 0 aliphatic heterocycles. The number of nitrogens with one attached hydrogen (secondary N) is 1. The van der Waals surface area contributed by atoms with Gasteiger partial charge in [0.05, 0.1) is 11.6 Å². The fourth-order valence-corrected chi connectivity index (χ4v) is 4.61. The number of aromatic nitrogens is 6. The Morgan fingerprint density at radius 3 is 2.74 bits per heavy atom. The highest BCUT2D eigenvalue weighted by Crippen LogP contribution is 2.30. The van der Waals surface area contributed by atoms with Crippen molar-refractivity contribution in [3.05, 3.63) is 58.0 Å². The van der Waals surface area contributed by atoms with Crippen LogP contribution in [0.1, 0.15) is 61.4 Å². The number of fused-ring (bicyclic) bond motifs is 1. The molecule has 0 unspecified atom stereocenters. The lowest BCUT2D eigenvalue weighted by atomic mass is 9.90. The van der Waals surface area contributed by atoms with Gasteiger partial charge in [0.25, 0.3) is 5.56 Å². The van der Waals surface area contributed by atoms with Crippen LogP contribution in [0.2, 0.25) is 0 Å². The van der Waals surface area contributed by atoms with Crippen molar-refractivity contribution in [2.45, 2.75) is 63.5 Å². The molecule has 3 heterocycles. The molecule has 9 heteroatoms. The van der Waals surface area contributed by atoms with Gasteiger partial charge in [-0.2, -0.15) is 10.4 Å². The number of aryl methyl sites for hydroxylation is 2. The molecule has 1 fully saturated rings. The Balaban J connectivity index is 1.29. The molecule has 2 aliphatic carbocycles. The maximum atomic E-state index is 12.4. The molecular weight excluding hydrogens is 392 g/mol. The van der Waals surface area contributed by atoms with Gasteiger partial charge >= 0.3 is 0 Å². The standard InChI is InChI=1S/C22H24N8O/c23-12-16-11-15-3-1-2-4-19(15)27-22(16)26-17-5-7-18(8-6-17)30-21(31)10-9-20(28-30)29-14-24-13-25-29/h9-11,13-14,17-18H,1-8H2,(H,26,27). The van der Waals surface area contributed by atoms with Crippen LogP contribution in [0.5, 0.6) is 0 Å². The van der Waals surface area contributed by atoms with E-state index in [2.05, 4.69) is 26.6 Å². The molecule has 0 amide bonds. The third-order valence-corrected chi connectivity index (χ3v) is 6.27. The zero-order valence-electron chi connectivity index (χ0n) is 17.2. The number of nitrogens with zero attached hydrogens (tertiary/aromatic N) is 7. The molecule has 1 N–H and O–H groups in total. The summed E-state index contributed by atoms with van der Waals surface area (Å²) in [6.45, 7) is 0. The number of hydrogen-bond acceptors (Lipinski definition) is 7. The molecule has 3 aromatic heterocycles. The summed E-state index contributed by atoms with van der Waals surface area (Å²) in [5.74, 6) is 1.28. The lowest BCUT2D eigenvalue weighted by Crippen LogP contribution is -2.34. The molecule has 5 rings (SSSR count). The van der Waals surface area contributed by atoms with Crippen molar-refractivity contribution >= 4 is 5.82 Å². The van der Waals surface area contributed by atoms with E-state index < -0.39 is 0 Å². The van der Waals surface area contributed by atoms with Gasteiger partial charge in [-0.1, -0.05) is 0 Å². The van der Waals surface area contributed by atoms with Crippen molar-refractivity contribution in [1.29, 1.82) is 5.26 Å². The van der Waals surface area contributed by atoms with E-state index in [1.165, 1.54) is 24.4 Å². The Morgan fingerprint density at radius 1 is 1.13 bits per heavy atom. The predicted octanol–water partition coefficient (Wildman–Crippen LogP) is 2.57. The second kappa shape index (κ2) is 8.30. The van der Waals surface area contributed by atoms with Gasteiger partial charge in [0.15, 0.2) is 5.82 Å². The quantitative estimate of drug-likeness (QED) is 0.695. The number of anilines is 1. The molecule has 0 bridgehead atoms. The van der Waals surface area contributed by atoms with Gasteiger partial charge < -0.3 is 5.32 Å². The van der Waals surface area contributed by atoms with E-state index in [1.54, 1.807) is 21.8 Å². The summed E-state index contributed by atoms with van der Waals surface area (Å²) in [5.41, 5.74) is 2.86. The molecule has 0 atom stereocenters. The SMILES string of the molecule is N#Cc1cc2c(nc1NC1CCC(n3nc(-n4cncn4)ccc3=O)CC1)CCCC2. The molecule has 158 valence electrons. The summed E-state index contributed by atoms with van der Waals surface area (Å²) >= 11 is 0. The Kier molecular flexibility index (Phi) is 5.20. The van der Waals surface area contributed by atoms with Crippen LogP contribution in [-0.4, -0.2) is 35.6 Å². The third-order valence-electron chi connectivity index (χ3n) is 6.27. The molecule has 9 nitrogen and oxygen atoms in total. The zero-order chi connectivity index (χ0) is 21.2.